The van der Waals surface area contributed by atoms with Gasteiger partial charge in [0, 0.05) is 25.7 Å². The van der Waals surface area contributed by atoms with Crippen LogP contribution in [0.2, 0.25) is 0 Å². The molecule has 0 aliphatic carbocycles. The van der Waals surface area contributed by atoms with Crippen molar-refractivity contribution in [1.82, 2.24) is 19.7 Å². The predicted octanol–water partition coefficient (Wildman–Crippen LogP) is 4.16. The molecule has 0 aliphatic rings. The lowest BCUT2D eigenvalue weighted by atomic mass is 10.1. The molecule has 3 aromatic rings. The maximum atomic E-state index is 13.3. The Bertz CT molecular complexity index is 973. The highest BCUT2D eigenvalue weighted by molar-refractivity contribution is 7.99. The van der Waals surface area contributed by atoms with E-state index in [1.54, 1.807) is 18.0 Å². The number of benzene rings is 2. The SMILES string of the molecule is CCn1c(SCC(=O)N(C)Cc2cccc(F)c2)nnc1-c1ccccc1C. The number of carbonyl (C=O) groups is 1. The van der Waals surface area contributed by atoms with Crippen LogP contribution in [0.5, 0.6) is 0 Å². The van der Waals surface area contributed by atoms with Crippen molar-refractivity contribution in [3.63, 3.8) is 0 Å². The van der Waals surface area contributed by atoms with Crippen LogP contribution in [0.4, 0.5) is 4.39 Å². The zero-order chi connectivity index (χ0) is 20.1. The number of hydrogen-bond acceptors (Lipinski definition) is 4. The van der Waals surface area contributed by atoms with Crippen molar-refractivity contribution in [3.05, 3.63) is 65.5 Å². The summed E-state index contributed by atoms with van der Waals surface area (Å²) in [5.41, 5.74) is 2.93. The topological polar surface area (TPSA) is 51.0 Å². The number of halogens is 1. The summed E-state index contributed by atoms with van der Waals surface area (Å²) >= 11 is 1.37. The Morgan fingerprint density at radius 1 is 1.18 bits per heavy atom. The zero-order valence-electron chi connectivity index (χ0n) is 16.2. The van der Waals surface area contributed by atoms with Gasteiger partial charge in [0.25, 0.3) is 0 Å². The Balaban J connectivity index is 1.67. The molecule has 146 valence electrons. The molecule has 1 aromatic heterocycles. The van der Waals surface area contributed by atoms with E-state index in [0.717, 1.165) is 22.5 Å². The van der Waals surface area contributed by atoms with Gasteiger partial charge >= 0.3 is 0 Å². The van der Waals surface area contributed by atoms with Gasteiger partial charge in [0.15, 0.2) is 11.0 Å². The van der Waals surface area contributed by atoms with Gasteiger partial charge in [-0.3, -0.25) is 4.79 Å². The highest BCUT2D eigenvalue weighted by Gasteiger charge is 2.17. The first-order valence-corrected chi connectivity index (χ1v) is 10.1. The first kappa shape index (κ1) is 20.1. The number of aryl methyl sites for hydroxylation is 1. The fraction of sp³-hybridized carbons (Fsp3) is 0.286. The van der Waals surface area contributed by atoms with Crippen LogP contribution in [0.25, 0.3) is 11.4 Å². The van der Waals surface area contributed by atoms with E-state index >= 15 is 0 Å². The average Bonchev–Trinajstić information content (AvgIpc) is 3.09. The molecule has 0 atom stereocenters. The molecule has 1 heterocycles. The number of aromatic nitrogens is 3. The third kappa shape index (κ3) is 4.59. The summed E-state index contributed by atoms with van der Waals surface area (Å²) in [6, 6.07) is 14.3. The molecule has 0 aliphatic heterocycles. The molecule has 0 saturated carbocycles. The maximum Gasteiger partial charge on any atom is 0.233 e. The highest BCUT2D eigenvalue weighted by atomic mass is 32.2. The van der Waals surface area contributed by atoms with Crippen LogP contribution in [0, 0.1) is 12.7 Å². The van der Waals surface area contributed by atoms with E-state index in [1.807, 2.05) is 48.7 Å². The minimum atomic E-state index is -0.299. The molecule has 7 heteroatoms. The molecule has 0 unspecified atom stereocenters. The predicted molar refractivity (Wildman–Crippen MR) is 109 cm³/mol. The van der Waals surface area contributed by atoms with Crippen LogP contribution in [-0.2, 0) is 17.9 Å². The van der Waals surface area contributed by atoms with Gasteiger partial charge in [-0.05, 0) is 37.1 Å². The molecule has 0 spiro atoms. The molecule has 5 nitrogen and oxygen atoms in total. The second-order valence-electron chi connectivity index (χ2n) is 6.53. The van der Waals surface area contributed by atoms with Crippen LogP contribution >= 0.6 is 11.8 Å². The van der Waals surface area contributed by atoms with Crippen molar-refractivity contribution in [2.75, 3.05) is 12.8 Å². The van der Waals surface area contributed by atoms with Crippen LogP contribution in [-0.4, -0.2) is 38.4 Å². The van der Waals surface area contributed by atoms with E-state index in [9.17, 15) is 9.18 Å². The maximum absolute atomic E-state index is 13.3. The monoisotopic (exact) mass is 398 g/mol. The van der Waals surface area contributed by atoms with E-state index in [1.165, 1.54) is 23.9 Å². The van der Waals surface area contributed by atoms with Crippen molar-refractivity contribution in [2.45, 2.75) is 32.1 Å². The zero-order valence-corrected chi connectivity index (χ0v) is 17.0. The van der Waals surface area contributed by atoms with Gasteiger partial charge < -0.3 is 9.47 Å². The molecular formula is C21H23FN4OS. The van der Waals surface area contributed by atoms with Gasteiger partial charge in [-0.25, -0.2) is 4.39 Å². The van der Waals surface area contributed by atoms with E-state index in [4.69, 9.17) is 0 Å². The van der Waals surface area contributed by atoms with Gasteiger partial charge in [0.2, 0.25) is 5.91 Å². The molecule has 0 radical (unpaired) electrons. The number of carbonyl (C=O) groups excluding carboxylic acids is 1. The van der Waals surface area contributed by atoms with Crippen molar-refractivity contribution in [3.8, 4) is 11.4 Å². The molecule has 1 amide bonds. The Morgan fingerprint density at radius 2 is 1.96 bits per heavy atom. The summed E-state index contributed by atoms with van der Waals surface area (Å²) in [4.78, 5) is 14.1. The summed E-state index contributed by atoms with van der Waals surface area (Å²) in [6.07, 6.45) is 0. The van der Waals surface area contributed by atoms with E-state index < -0.39 is 0 Å². The van der Waals surface area contributed by atoms with Gasteiger partial charge in [0.1, 0.15) is 5.82 Å². The second kappa shape index (κ2) is 9.01. The molecule has 0 fully saturated rings. The van der Waals surface area contributed by atoms with Gasteiger partial charge in [-0.2, -0.15) is 0 Å². The number of nitrogens with zero attached hydrogens (tertiary/aromatic N) is 4. The van der Waals surface area contributed by atoms with E-state index in [-0.39, 0.29) is 17.5 Å². The Kier molecular flexibility index (Phi) is 6.46. The lowest BCUT2D eigenvalue weighted by Crippen LogP contribution is -2.28. The summed E-state index contributed by atoms with van der Waals surface area (Å²) in [5, 5.41) is 9.35. The third-order valence-electron chi connectivity index (χ3n) is 4.48. The van der Waals surface area contributed by atoms with Crippen molar-refractivity contribution >= 4 is 17.7 Å². The fourth-order valence-corrected chi connectivity index (χ4v) is 3.88. The van der Waals surface area contributed by atoms with E-state index in [0.29, 0.717) is 18.2 Å². The second-order valence-corrected chi connectivity index (χ2v) is 7.48. The number of amides is 1. The smallest absolute Gasteiger partial charge is 0.233 e. The first-order chi connectivity index (χ1) is 13.5. The van der Waals surface area contributed by atoms with Crippen LogP contribution in [0.15, 0.2) is 53.7 Å². The lowest BCUT2D eigenvalue weighted by Gasteiger charge is -2.17. The molecule has 2 aromatic carbocycles. The molecular weight excluding hydrogens is 375 g/mol. The normalized spacial score (nSPS) is 10.9. The van der Waals surface area contributed by atoms with Gasteiger partial charge in [0.05, 0.1) is 5.75 Å². The Hall–Kier alpha value is -2.67. The largest absolute Gasteiger partial charge is 0.341 e. The summed E-state index contributed by atoms with van der Waals surface area (Å²) in [5.74, 6) is 0.714. The number of rotatable bonds is 7. The molecule has 3 rings (SSSR count). The molecule has 28 heavy (non-hydrogen) atoms. The Morgan fingerprint density at radius 3 is 2.68 bits per heavy atom. The summed E-state index contributed by atoms with van der Waals surface area (Å²) < 4.78 is 15.3. The lowest BCUT2D eigenvalue weighted by molar-refractivity contribution is -0.127. The van der Waals surface area contributed by atoms with Crippen molar-refractivity contribution in [1.29, 1.82) is 0 Å². The highest BCUT2D eigenvalue weighted by Crippen LogP contribution is 2.26. The third-order valence-corrected chi connectivity index (χ3v) is 5.43. The van der Waals surface area contributed by atoms with Gasteiger partial charge in [-0.1, -0.05) is 48.2 Å². The van der Waals surface area contributed by atoms with Crippen molar-refractivity contribution in [2.24, 2.45) is 0 Å². The summed E-state index contributed by atoms with van der Waals surface area (Å²) in [6.45, 7) is 5.16. The molecule has 0 N–H and O–H groups in total. The quantitative estimate of drug-likeness (QED) is 0.561. The van der Waals surface area contributed by atoms with Crippen molar-refractivity contribution < 1.29 is 9.18 Å². The molecule has 0 bridgehead atoms. The van der Waals surface area contributed by atoms with Crippen LogP contribution in [0.3, 0.4) is 0 Å². The summed E-state index contributed by atoms with van der Waals surface area (Å²) in [7, 11) is 1.72. The van der Waals surface area contributed by atoms with Crippen LogP contribution in [0.1, 0.15) is 18.1 Å². The standard InChI is InChI=1S/C21H23FN4OS/c1-4-26-20(18-11-6-5-8-15(18)2)23-24-21(26)28-14-19(27)25(3)13-16-9-7-10-17(22)12-16/h5-12H,4,13-14H2,1-3H3. The number of hydrogen-bond donors (Lipinski definition) is 0. The number of thioether (sulfide) groups is 1. The average molecular weight is 399 g/mol. The minimum absolute atomic E-state index is 0.0441. The van der Waals surface area contributed by atoms with E-state index in [2.05, 4.69) is 10.2 Å². The minimum Gasteiger partial charge on any atom is -0.341 e. The van der Waals surface area contributed by atoms with Crippen LogP contribution < -0.4 is 0 Å². The molecule has 0 saturated heterocycles. The van der Waals surface area contributed by atoms with Gasteiger partial charge in [-0.15, -0.1) is 10.2 Å². The first-order valence-electron chi connectivity index (χ1n) is 9.10. The Labute approximate surface area is 168 Å². The fourth-order valence-electron chi connectivity index (χ4n) is 2.94.